The monoisotopic (exact) mass is 315 g/mol. The van der Waals surface area contributed by atoms with E-state index >= 15 is 0 Å². The lowest BCUT2D eigenvalue weighted by Crippen LogP contribution is -2.27. The zero-order chi connectivity index (χ0) is 14.6. The van der Waals surface area contributed by atoms with E-state index in [9.17, 15) is 5.11 Å². The van der Waals surface area contributed by atoms with Gasteiger partial charge in [-0.05, 0) is 42.2 Å². The Morgan fingerprint density at radius 1 is 1.24 bits per heavy atom. The Labute approximate surface area is 132 Å². The quantitative estimate of drug-likeness (QED) is 0.853. The molecule has 0 saturated heterocycles. The van der Waals surface area contributed by atoms with E-state index in [2.05, 4.69) is 17.1 Å². The summed E-state index contributed by atoms with van der Waals surface area (Å²) in [5.41, 5.74) is 3.33. The van der Waals surface area contributed by atoms with Crippen LogP contribution < -0.4 is 0 Å². The zero-order valence-electron chi connectivity index (χ0n) is 11.5. The van der Waals surface area contributed by atoms with E-state index in [1.165, 1.54) is 5.56 Å². The molecule has 4 heteroatoms. The molecule has 2 aromatic rings. The molecule has 106 valence electrons. The number of nitrogens with zero attached hydrogens (tertiary/aromatic N) is 1. The van der Waals surface area contributed by atoms with Crippen molar-refractivity contribution >= 4 is 28.4 Å². The average molecular weight is 316 g/mol. The molecule has 1 aliphatic carbocycles. The molecular weight excluding hydrogens is 302 g/mol. The van der Waals surface area contributed by atoms with Gasteiger partial charge in [-0.15, -0.1) is 11.8 Å². The fraction of sp³-hybridized carbons (Fsp3) is 0.235. The molecule has 2 atom stereocenters. The van der Waals surface area contributed by atoms with Gasteiger partial charge in [0.05, 0.1) is 10.3 Å². The van der Waals surface area contributed by atoms with Gasteiger partial charge in [-0.2, -0.15) is 0 Å². The third-order valence-electron chi connectivity index (χ3n) is 4.15. The first-order chi connectivity index (χ1) is 10.1. The molecule has 2 aromatic carbocycles. The van der Waals surface area contributed by atoms with Crippen molar-refractivity contribution in [2.24, 2.45) is 4.99 Å². The van der Waals surface area contributed by atoms with Gasteiger partial charge >= 0.3 is 0 Å². The summed E-state index contributed by atoms with van der Waals surface area (Å²) in [4.78, 5) is 4.45. The number of thioether (sulfide) groups is 1. The number of hydrogen-bond acceptors (Lipinski definition) is 3. The Balaban J connectivity index is 1.80. The summed E-state index contributed by atoms with van der Waals surface area (Å²) in [6.45, 7) is 1.96. The Bertz CT molecular complexity index is 773. The SMILES string of the molecule is CC1=NC2(O)c3ccc(-c4cccc(Cl)c4)cc3CC2S1. The maximum Gasteiger partial charge on any atom is 0.196 e. The van der Waals surface area contributed by atoms with E-state index < -0.39 is 5.72 Å². The molecule has 1 N–H and O–H groups in total. The molecule has 0 amide bonds. The Kier molecular flexibility index (Phi) is 2.93. The van der Waals surface area contributed by atoms with Gasteiger partial charge in [-0.25, -0.2) is 4.99 Å². The maximum absolute atomic E-state index is 10.8. The van der Waals surface area contributed by atoms with Gasteiger partial charge in [-0.1, -0.05) is 41.9 Å². The minimum atomic E-state index is -1.03. The summed E-state index contributed by atoms with van der Waals surface area (Å²) in [5.74, 6) is 0. The van der Waals surface area contributed by atoms with Crippen LogP contribution in [0.3, 0.4) is 0 Å². The first-order valence-electron chi connectivity index (χ1n) is 6.91. The smallest absolute Gasteiger partial charge is 0.196 e. The number of fused-ring (bicyclic) bond motifs is 3. The first-order valence-corrected chi connectivity index (χ1v) is 8.17. The third-order valence-corrected chi connectivity index (χ3v) is 5.60. The molecule has 0 spiro atoms. The van der Waals surface area contributed by atoms with Crippen LogP contribution in [-0.4, -0.2) is 15.4 Å². The Morgan fingerprint density at radius 2 is 2.05 bits per heavy atom. The van der Waals surface area contributed by atoms with Crippen molar-refractivity contribution < 1.29 is 5.11 Å². The van der Waals surface area contributed by atoms with Gasteiger partial charge in [0.1, 0.15) is 0 Å². The van der Waals surface area contributed by atoms with Crippen LogP contribution in [0.5, 0.6) is 0 Å². The highest BCUT2D eigenvalue weighted by Crippen LogP contribution is 2.49. The lowest BCUT2D eigenvalue weighted by molar-refractivity contribution is 0.0580. The number of rotatable bonds is 1. The van der Waals surface area contributed by atoms with Gasteiger partial charge in [0, 0.05) is 10.6 Å². The molecule has 21 heavy (non-hydrogen) atoms. The number of halogens is 1. The zero-order valence-corrected chi connectivity index (χ0v) is 13.1. The number of benzene rings is 2. The molecule has 2 aliphatic rings. The van der Waals surface area contributed by atoms with Crippen LogP contribution in [-0.2, 0) is 12.1 Å². The number of aliphatic imine (C=N–C) groups is 1. The van der Waals surface area contributed by atoms with E-state index in [0.717, 1.165) is 33.2 Å². The summed E-state index contributed by atoms with van der Waals surface area (Å²) in [5, 5.41) is 12.6. The summed E-state index contributed by atoms with van der Waals surface area (Å²) >= 11 is 7.74. The molecule has 2 nitrogen and oxygen atoms in total. The van der Waals surface area contributed by atoms with Gasteiger partial charge in [0.25, 0.3) is 0 Å². The fourth-order valence-electron chi connectivity index (χ4n) is 3.21. The normalized spacial score (nSPS) is 26.4. The minimum Gasteiger partial charge on any atom is -0.365 e. The van der Waals surface area contributed by atoms with Crippen LogP contribution in [0.25, 0.3) is 11.1 Å². The second-order valence-corrected chi connectivity index (χ2v) is 7.38. The van der Waals surface area contributed by atoms with E-state index in [1.807, 2.05) is 37.3 Å². The van der Waals surface area contributed by atoms with Crippen molar-refractivity contribution in [1.29, 1.82) is 0 Å². The van der Waals surface area contributed by atoms with Crippen molar-refractivity contribution in [3.8, 4) is 11.1 Å². The van der Waals surface area contributed by atoms with Crippen molar-refractivity contribution in [2.75, 3.05) is 0 Å². The van der Waals surface area contributed by atoms with Gasteiger partial charge in [0.15, 0.2) is 5.72 Å². The molecule has 1 heterocycles. The van der Waals surface area contributed by atoms with Gasteiger partial charge < -0.3 is 5.11 Å². The van der Waals surface area contributed by atoms with Crippen LogP contribution in [0.2, 0.25) is 5.02 Å². The van der Waals surface area contributed by atoms with E-state index in [0.29, 0.717) is 0 Å². The molecule has 4 rings (SSSR count). The van der Waals surface area contributed by atoms with E-state index in [-0.39, 0.29) is 5.25 Å². The Hall–Kier alpha value is -1.29. The van der Waals surface area contributed by atoms with Gasteiger partial charge in [0.2, 0.25) is 0 Å². The highest BCUT2D eigenvalue weighted by molar-refractivity contribution is 8.14. The van der Waals surface area contributed by atoms with Crippen LogP contribution in [0.4, 0.5) is 0 Å². The van der Waals surface area contributed by atoms with E-state index in [4.69, 9.17) is 11.6 Å². The summed E-state index contributed by atoms with van der Waals surface area (Å²) in [7, 11) is 0. The summed E-state index contributed by atoms with van der Waals surface area (Å²) in [6, 6.07) is 14.0. The molecule has 0 saturated carbocycles. The number of aliphatic hydroxyl groups is 1. The maximum atomic E-state index is 10.8. The average Bonchev–Trinajstić information content (AvgIpc) is 2.87. The molecule has 0 bridgehead atoms. The highest BCUT2D eigenvalue weighted by atomic mass is 35.5. The number of hydrogen-bond donors (Lipinski definition) is 1. The van der Waals surface area contributed by atoms with Gasteiger partial charge in [-0.3, -0.25) is 0 Å². The third kappa shape index (κ3) is 2.03. The Morgan fingerprint density at radius 3 is 2.86 bits per heavy atom. The standard InChI is InChI=1S/C17H14ClNOS/c1-10-19-17(20)15-6-5-12(7-13(15)9-16(17)21-10)11-3-2-4-14(18)8-11/h2-8,16,20H,9H2,1H3. The van der Waals surface area contributed by atoms with Crippen LogP contribution in [0, 0.1) is 0 Å². The lowest BCUT2D eigenvalue weighted by atomic mass is 9.99. The van der Waals surface area contributed by atoms with Crippen LogP contribution >= 0.6 is 23.4 Å². The van der Waals surface area contributed by atoms with Crippen LogP contribution in [0.15, 0.2) is 47.5 Å². The van der Waals surface area contributed by atoms with Crippen molar-refractivity contribution in [3.63, 3.8) is 0 Å². The lowest BCUT2D eigenvalue weighted by Gasteiger charge is -2.19. The van der Waals surface area contributed by atoms with Crippen LogP contribution in [0.1, 0.15) is 18.1 Å². The molecular formula is C17H14ClNOS. The van der Waals surface area contributed by atoms with E-state index in [1.54, 1.807) is 11.8 Å². The molecule has 1 aliphatic heterocycles. The second kappa shape index (κ2) is 4.60. The molecule has 0 fully saturated rings. The predicted octanol–water partition coefficient (Wildman–Crippen LogP) is 4.24. The molecule has 0 radical (unpaired) electrons. The summed E-state index contributed by atoms with van der Waals surface area (Å²) < 4.78 is 0. The first kappa shape index (κ1) is 13.4. The van der Waals surface area contributed by atoms with Crippen molar-refractivity contribution in [3.05, 3.63) is 58.6 Å². The van der Waals surface area contributed by atoms with Crippen molar-refractivity contribution in [2.45, 2.75) is 24.3 Å². The summed E-state index contributed by atoms with van der Waals surface area (Å²) in [6.07, 6.45) is 0.853. The molecule has 2 unspecified atom stereocenters. The predicted molar refractivity (Wildman–Crippen MR) is 89.0 cm³/mol. The largest absolute Gasteiger partial charge is 0.365 e. The highest BCUT2D eigenvalue weighted by Gasteiger charge is 2.49. The topological polar surface area (TPSA) is 32.6 Å². The molecule has 0 aromatic heterocycles. The minimum absolute atomic E-state index is 0.113. The van der Waals surface area contributed by atoms with Crippen molar-refractivity contribution in [1.82, 2.24) is 0 Å². The fourth-order valence-corrected chi connectivity index (χ4v) is 4.61. The second-order valence-electron chi connectivity index (χ2n) is 5.55.